The minimum absolute atomic E-state index is 0.118. The molecule has 5 nitrogen and oxygen atoms in total. The number of para-hydroxylation sites is 1. The van der Waals surface area contributed by atoms with Gasteiger partial charge in [0, 0.05) is 38.4 Å². The van der Waals surface area contributed by atoms with Crippen molar-refractivity contribution in [3.8, 4) is 61.5 Å². The molecular weight excluding hydrogens is 691 g/mol. The van der Waals surface area contributed by atoms with E-state index in [9.17, 15) is 0 Å². The Morgan fingerprint density at radius 3 is 1.76 bits per heavy atom. The van der Waals surface area contributed by atoms with Crippen LogP contribution in [0.5, 0.6) is 0 Å². The summed E-state index contributed by atoms with van der Waals surface area (Å²) in [6, 6.07) is 57.6. The maximum absolute atomic E-state index is 5.11. The van der Waals surface area contributed by atoms with Gasteiger partial charge in [-0.1, -0.05) is 147 Å². The van der Waals surface area contributed by atoms with Gasteiger partial charge in [-0.05, 0) is 58.1 Å². The fraction of sp³-hybridized carbons (Fsp3) is 0.0612. The van der Waals surface area contributed by atoms with Crippen molar-refractivity contribution in [1.82, 2.24) is 24.5 Å². The fourth-order valence-electron chi connectivity index (χ4n) is 8.37. The zero-order valence-electron chi connectivity index (χ0n) is 30.2. The van der Waals surface area contributed by atoms with Crippen LogP contribution < -0.4 is 0 Å². The molecule has 1 aliphatic carbocycles. The fourth-order valence-corrected chi connectivity index (χ4v) is 9.50. The lowest BCUT2D eigenvalue weighted by atomic mass is 9.82. The predicted octanol–water partition coefficient (Wildman–Crippen LogP) is 12.6. The normalized spacial score (nSPS) is 13.1. The minimum Gasteiger partial charge on any atom is -0.278 e. The van der Waals surface area contributed by atoms with Crippen molar-refractivity contribution >= 4 is 43.4 Å². The van der Waals surface area contributed by atoms with Crippen molar-refractivity contribution in [3.63, 3.8) is 0 Å². The molecule has 7 aromatic carbocycles. The zero-order valence-corrected chi connectivity index (χ0v) is 31.0. The third kappa shape index (κ3) is 4.99. The van der Waals surface area contributed by atoms with Gasteiger partial charge < -0.3 is 0 Å². The molecule has 0 saturated heterocycles. The first kappa shape index (κ1) is 31.7. The number of nitrogens with zero attached hydrogens (tertiary/aromatic N) is 5. The van der Waals surface area contributed by atoms with Crippen molar-refractivity contribution in [2.45, 2.75) is 19.3 Å². The van der Waals surface area contributed by atoms with Crippen LogP contribution in [0.25, 0.3) is 93.6 Å². The van der Waals surface area contributed by atoms with Crippen LogP contribution in [0.1, 0.15) is 25.0 Å². The van der Waals surface area contributed by atoms with Crippen molar-refractivity contribution in [2.24, 2.45) is 0 Å². The van der Waals surface area contributed by atoms with Crippen LogP contribution >= 0.6 is 11.3 Å². The average molecular weight is 724 g/mol. The van der Waals surface area contributed by atoms with E-state index in [4.69, 9.17) is 19.9 Å². The molecule has 260 valence electrons. The Bertz CT molecular complexity index is 3050. The molecule has 3 aromatic heterocycles. The van der Waals surface area contributed by atoms with Crippen LogP contribution in [0.2, 0.25) is 0 Å². The first-order chi connectivity index (χ1) is 27.0. The summed E-state index contributed by atoms with van der Waals surface area (Å²) in [6.07, 6.45) is 0. The lowest BCUT2D eigenvalue weighted by Crippen LogP contribution is -2.14. The first-order valence-corrected chi connectivity index (χ1v) is 19.4. The summed E-state index contributed by atoms with van der Waals surface area (Å²) in [5, 5.41) is 3.35. The SMILES string of the molecule is CC1(C)c2ccc(-c3ccc4c(c3)c3ccccc3n4-c3nc(-c4ccccc4)nc(-c4ccccc4)n3)cc2-c2c1ccc1nc(-c3ccccc3)sc21. The molecule has 0 atom stereocenters. The lowest BCUT2D eigenvalue weighted by molar-refractivity contribution is 0.661. The van der Waals surface area contributed by atoms with Gasteiger partial charge in [-0.2, -0.15) is 9.97 Å². The molecule has 0 N–H and O–H groups in total. The van der Waals surface area contributed by atoms with Gasteiger partial charge in [0.25, 0.3) is 0 Å². The second-order valence-electron chi connectivity index (χ2n) is 14.7. The highest BCUT2D eigenvalue weighted by Gasteiger charge is 2.37. The standard InChI is InChI=1S/C49H33N5S/c1-49(2)38-24-22-33(29-37(38)43-39(49)25-26-40-44(43)55-47(50-40)32-18-10-5-11-19-32)34-23-27-42-36(28-34)35-20-12-13-21-41(35)54(42)48-52-45(30-14-6-3-7-15-30)51-46(53-48)31-16-8-4-9-17-31/h3-29H,1-2H3. The van der Waals surface area contributed by atoms with E-state index in [-0.39, 0.29) is 5.41 Å². The smallest absolute Gasteiger partial charge is 0.238 e. The topological polar surface area (TPSA) is 56.5 Å². The third-order valence-corrected chi connectivity index (χ3v) is 12.2. The van der Waals surface area contributed by atoms with Crippen molar-refractivity contribution < 1.29 is 0 Å². The molecule has 0 fully saturated rings. The predicted molar refractivity (Wildman–Crippen MR) is 227 cm³/mol. The second-order valence-corrected chi connectivity index (χ2v) is 15.7. The van der Waals surface area contributed by atoms with Crippen molar-refractivity contribution in [2.75, 3.05) is 0 Å². The molecule has 55 heavy (non-hydrogen) atoms. The molecule has 1 aliphatic rings. The van der Waals surface area contributed by atoms with E-state index < -0.39 is 0 Å². The summed E-state index contributed by atoms with van der Waals surface area (Å²) in [5.74, 6) is 1.87. The minimum atomic E-state index is -0.118. The molecule has 0 radical (unpaired) electrons. The van der Waals surface area contributed by atoms with Gasteiger partial charge in [0.15, 0.2) is 11.6 Å². The Balaban J connectivity index is 1.08. The summed E-state index contributed by atoms with van der Waals surface area (Å²) in [7, 11) is 0. The van der Waals surface area contributed by atoms with E-state index in [0.29, 0.717) is 17.6 Å². The highest BCUT2D eigenvalue weighted by molar-refractivity contribution is 7.22. The molecule has 11 rings (SSSR count). The number of thiazole rings is 1. The zero-order chi connectivity index (χ0) is 36.7. The first-order valence-electron chi connectivity index (χ1n) is 18.6. The summed E-state index contributed by atoms with van der Waals surface area (Å²) < 4.78 is 3.43. The molecule has 0 bridgehead atoms. The maximum Gasteiger partial charge on any atom is 0.238 e. The van der Waals surface area contributed by atoms with Crippen LogP contribution in [0.15, 0.2) is 164 Å². The molecule has 0 amide bonds. The number of benzene rings is 7. The Hall–Kier alpha value is -6.76. The number of hydrogen-bond donors (Lipinski definition) is 0. The molecule has 0 spiro atoms. The Morgan fingerprint density at radius 1 is 0.473 bits per heavy atom. The van der Waals surface area contributed by atoms with Gasteiger partial charge >= 0.3 is 0 Å². The number of aromatic nitrogens is 5. The van der Waals surface area contributed by atoms with Crippen LogP contribution in [0.4, 0.5) is 0 Å². The van der Waals surface area contributed by atoms with Crippen LogP contribution in [-0.4, -0.2) is 24.5 Å². The number of rotatable bonds is 5. The van der Waals surface area contributed by atoms with Gasteiger partial charge in [-0.3, -0.25) is 4.57 Å². The molecule has 0 saturated carbocycles. The van der Waals surface area contributed by atoms with Gasteiger partial charge in [-0.15, -0.1) is 11.3 Å². The van der Waals surface area contributed by atoms with Crippen LogP contribution in [0.3, 0.4) is 0 Å². The number of hydrogen-bond acceptors (Lipinski definition) is 5. The summed E-state index contributed by atoms with van der Waals surface area (Å²) >= 11 is 1.79. The molecular formula is C49H33N5S. The molecule has 6 heteroatoms. The van der Waals surface area contributed by atoms with E-state index >= 15 is 0 Å². The quantitative estimate of drug-likeness (QED) is 0.177. The summed E-state index contributed by atoms with van der Waals surface area (Å²) in [4.78, 5) is 20.3. The van der Waals surface area contributed by atoms with Gasteiger partial charge in [0.1, 0.15) is 5.01 Å². The highest BCUT2D eigenvalue weighted by atomic mass is 32.1. The van der Waals surface area contributed by atoms with E-state index in [1.54, 1.807) is 11.3 Å². The van der Waals surface area contributed by atoms with Gasteiger partial charge in [-0.25, -0.2) is 9.97 Å². The highest BCUT2D eigenvalue weighted by Crippen LogP contribution is 2.53. The Morgan fingerprint density at radius 2 is 1.05 bits per heavy atom. The largest absolute Gasteiger partial charge is 0.278 e. The maximum atomic E-state index is 5.11. The van der Waals surface area contributed by atoms with E-state index in [1.807, 2.05) is 60.7 Å². The monoisotopic (exact) mass is 723 g/mol. The van der Waals surface area contributed by atoms with E-state index in [0.717, 1.165) is 54.6 Å². The van der Waals surface area contributed by atoms with Crippen LogP contribution in [0, 0.1) is 0 Å². The third-order valence-electron chi connectivity index (χ3n) is 11.1. The van der Waals surface area contributed by atoms with E-state index in [1.165, 1.54) is 32.5 Å². The average Bonchev–Trinajstić information content (AvgIpc) is 3.90. The van der Waals surface area contributed by atoms with Gasteiger partial charge in [0.05, 0.1) is 21.3 Å². The molecule has 0 unspecified atom stereocenters. The molecule has 10 aromatic rings. The Kier molecular flexibility index (Phi) is 7.00. The van der Waals surface area contributed by atoms with Crippen molar-refractivity contribution in [3.05, 3.63) is 175 Å². The second kappa shape index (κ2) is 12.1. The summed E-state index contributed by atoms with van der Waals surface area (Å²) in [5.41, 5.74) is 13.7. The van der Waals surface area contributed by atoms with E-state index in [2.05, 4.69) is 122 Å². The number of fused-ring (bicyclic) bond motifs is 8. The lowest BCUT2D eigenvalue weighted by Gasteiger charge is -2.21. The Labute approximate surface area is 322 Å². The molecule has 0 aliphatic heterocycles. The van der Waals surface area contributed by atoms with Crippen molar-refractivity contribution in [1.29, 1.82) is 0 Å². The molecule has 3 heterocycles. The summed E-state index contributed by atoms with van der Waals surface area (Å²) in [6.45, 7) is 4.69. The van der Waals surface area contributed by atoms with Crippen LogP contribution in [-0.2, 0) is 5.41 Å². The van der Waals surface area contributed by atoms with Gasteiger partial charge in [0.2, 0.25) is 5.95 Å².